The maximum atomic E-state index is 7.68. The third-order valence-electron chi connectivity index (χ3n) is 18.9. The minimum absolute atomic E-state index is 0.0119. The summed E-state index contributed by atoms with van der Waals surface area (Å²) in [6, 6.07) is 0. The summed E-state index contributed by atoms with van der Waals surface area (Å²) < 4.78 is 0. The molecule has 45 heavy (non-hydrogen) atoms. The lowest BCUT2D eigenvalue weighted by atomic mass is 9.55. The smallest absolute Gasteiger partial charge is 0.0137 e. The average Bonchev–Trinajstić information content (AvgIpc) is 2.93. The first kappa shape index (κ1) is 28.5. The van der Waals surface area contributed by atoms with Crippen LogP contribution in [0.25, 0.3) is 0 Å². The molecule has 1 nitrogen and oxygen atoms in total. The first-order valence-corrected chi connectivity index (χ1v) is 24.0. The summed E-state index contributed by atoms with van der Waals surface area (Å²) in [4.78, 5) is 0. The van der Waals surface area contributed by atoms with Gasteiger partial charge in [-0.3, -0.25) is 0 Å². The van der Waals surface area contributed by atoms with Crippen molar-refractivity contribution < 1.29 is 0 Å². The van der Waals surface area contributed by atoms with Gasteiger partial charge in [0.05, 0.1) is 0 Å². The highest BCUT2D eigenvalue weighted by Crippen LogP contribution is 2.89. The molecule has 0 spiro atoms. The van der Waals surface area contributed by atoms with Crippen molar-refractivity contribution in [3.8, 4) is 0 Å². The molecule has 16 fully saturated rings. The van der Waals surface area contributed by atoms with E-state index in [-0.39, 0.29) is 15.8 Å². The third kappa shape index (κ3) is 4.03. The lowest BCUT2D eigenvalue weighted by Gasteiger charge is -2.73. The van der Waals surface area contributed by atoms with Gasteiger partial charge in [0.15, 0.2) is 0 Å². The van der Waals surface area contributed by atoms with Crippen molar-refractivity contribution >= 4 is 15.8 Å². The van der Waals surface area contributed by atoms with E-state index in [1.807, 2.05) is 0 Å². The van der Waals surface area contributed by atoms with E-state index in [4.69, 9.17) is 5.73 Å². The Bertz CT molecular complexity index is 914. The van der Waals surface area contributed by atoms with E-state index < -0.39 is 0 Å². The van der Waals surface area contributed by atoms with Gasteiger partial charge in [-0.2, -0.15) is 0 Å². The van der Waals surface area contributed by atoms with Crippen LogP contribution in [0.3, 0.4) is 0 Å². The Hall–Kier alpha value is 0.820. The Kier molecular flexibility index (Phi) is 6.06. The van der Waals surface area contributed by atoms with E-state index >= 15 is 0 Å². The molecule has 16 rings (SSSR count). The van der Waals surface area contributed by atoms with E-state index in [0.717, 1.165) is 104 Å². The highest BCUT2D eigenvalue weighted by molar-refractivity contribution is 7.79. The van der Waals surface area contributed by atoms with E-state index in [0.29, 0.717) is 0 Å². The molecule has 248 valence electrons. The van der Waals surface area contributed by atoms with Gasteiger partial charge in [-0.05, 0) is 246 Å². The van der Waals surface area contributed by atoms with Crippen LogP contribution in [0.15, 0.2) is 0 Å². The maximum absolute atomic E-state index is 7.68. The van der Waals surface area contributed by atoms with Crippen LogP contribution in [0.4, 0.5) is 0 Å². The summed E-state index contributed by atoms with van der Waals surface area (Å²) in [6.07, 6.45) is 39.9. The Morgan fingerprint density at radius 1 is 0.333 bits per heavy atom. The van der Waals surface area contributed by atoms with Crippen LogP contribution in [0.5, 0.6) is 0 Å². The monoisotopic (exact) mass is 645 g/mol. The molecule has 0 saturated heterocycles. The molecule has 0 aliphatic heterocycles. The van der Waals surface area contributed by atoms with Gasteiger partial charge in [-0.15, -0.1) is 0 Å². The number of hydrogen-bond donors (Lipinski definition) is 1. The molecule has 0 aromatic carbocycles. The highest BCUT2D eigenvalue weighted by Gasteiger charge is 2.70. The number of hydrogen-bond acceptors (Lipinski definition) is 1. The van der Waals surface area contributed by atoms with Crippen LogP contribution < -0.4 is 5.73 Å². The van der Waals surface area contributed by atoms with Gasteiger partial charge in [-0.1, -0.05) is 15.8 Å². The molecule has 0 radical (unpaired) electrons. The van der Waals surface area contributed by atoms with Gasteiger partial charge < -0.3 is 5.73 Å². The summed E-state index contributed by atoms with van der Waals surface area (Å²) in [6.45, 7) is 1.13. The fourth-order valence-corrected chi connectivity index (χ4v) is 34.3. The Morgan fingerprint density at radius 2 is 0.489 bits per heavy atom. The normalized spacial score (nSPS) is 62.6. The standard InChI is InChI=1S/C42H65NP2/c43-25-38(44(39-13-26-1-27(14-39)3-28(2-26)15-39)40-16-29-4-30(17-40)6-31(5-29)18-40)45(41-19-32-7-33(20-41)9-34(8-32)21-41)42-22-35-10-36(23-42)12-37(11-35)24-42/h26-38H,1-25,43H2. The highest BCUT2D eigenvalue weighted by atomic mass is 31.2. The predicted octanol–water partition coefficient (Wildman–Crippen LogP) is 11.1. The first-order valence-electron chi connectivity index (χ1n) is 21.2. The van der Waals surface area contributed by atoms with Crippen molar-refractivity contribution in [1.29, 1.82) is 0 Å². The van der Waals surface area contributed by atoms with Gasteiger partial charge in [0.1, 0.15) is 0 Å². The van der Waals surface area contributed by atoms with Crippen molar-refractivity contribution in [1.82, 2.24) is 0 Å². The van der Waals surface area contributed by atoms with E-state index in [2.05, 4.69) is 0 Å². The second-order valence-electron chi connectivity index (χ2n) is 22.0. The molecule has 2 N–H and O–H groups in total. The molecular weight excluding hydrogens is 580 g/mol. The molecule has 0 amide bonds. The molecule has 16 aliphatic carbocycles. The second-order valence-corrected chi connectivity index (χ2v) is 29.0. The fraction of sp³-hybridized carbons (Fsp3) is 1.00. The predicted molar refractivity (Wildman–Crippen MR) is 190 cm³/mol. The van der Waals surface area contributed by atoms with E-state index in [1.165, 1.54) is 0 Å². The van der Waals surface area contributed by atoms with Crippen LogP contribution in [-0.4, -0.2) is 32.6 Å². The zero-order chi connectivity index (χ0) is 29.3. The molecule has 0 unspecified atom stereocenters. The van der Waals surface area contributed by atoms with Gasteiger partial charge in [0.2, 0.25) is 0 Å². The van der Waals surface area contributed by atoms with Crippen LogP contribution in [0.1, 0.15) is 154 Å². The van der Waals surface area contributed by atoms with Crippen molar-refractivity contribution in [3.63, 3.8) is 0 Å². The second kappa shape index (κ2) is 9.57. The molecular formula is C42H65NP2. The minimum Gasteiger partial charge on any atom is -0.329 e. The summed E-state index contributed by atoms with van der Waals surface area (Å²) in [7, 11) is -0.0237. The van der Waals surface area contributed by atoms with Crippen LogP contribution in [0, 0.1) is 71.0 Å². The topological polar surface area (TPSA) is 26.0 Å². The van der Waals surface area contributed by atoms with Gasteiger partial charge in [0.25, 0.3) is 0 Å². The molecule has 16 aliphatic rings. The van der Waals surface area contributed by atoms with Gasteiger partial charge >= 0.3 is 0 Å². The molecule has 0 aromatic heterocycles. The summed E-state index contributed by atoms with van der Waals surface area (Å²) in [5.41, 5.74) is 7.68. The van der Waals surface area contributed by atoms with Gasteiger partial charge in [0, 0.05) is 11.9 Å². The Morgan fingerprint density at radius 3 is 0.622 bits per heavy atom. The minimum atomic E-state index is -0.0119. The van der Waals surface area contributed by atoms with Crippen molar-refractivity contribution in [2.75, 3.05) is 6.54 Å². The first-order chi connectivity index (χ1) is 21.9. The largest absolute Gasteiger partial charge is 0.329 e. The zero-order valence-electron chi connectivity index (χ0n) is 28.7. The maximum Gasteiger partial charge on any atom is 0.0137 e. The molecule has 0 heterocycles. The van der Waals surface area contributed by atoms with Crippen LogP contribution in [-0.2, 0) is 0 Å². The number of nitrogens with two attached hydrogens (primary N) is 1. The summed E-state index contributed by atoms with van der Waals surface area (Å²) >= 11 is 0. The lowest BCUT2D eigenvalue weighted by molar-refractivity contribution is 0.0159. The molecule has 0 atom stereocenters. The van der Waals surface area contributed by atoms with E-state index in [1.54, 1.807) is 154 Å². The Balaban J connectivity index is 1.05. The molecule has 0 aromatic rings. The summed E-state index contributed by atoms with van der Waals surface area (Å²) in [5.74, 6) is 13.3. The van der Waals surface area contributed by atoms with Crippen LogP contribution in [0.2, 0.25) is 0 Å². The van der Waals surface area contributed by atoms with Crippen molar-refractivity contribution in [2.45, 2.75) is 180 Å². The fourth-order valence-electron chi connectivity index (χ4n) is 20.0. The number of rotatable bonds is 7. The summed E-state index contributed by atoms with van der Waals surface area (Å²) in [5, 5.41) is 4.00. The SMILES string of the molecule is NCC(P(C12CC3CC(CC(C3)C1)C2)C12CC3CC(CC(C3)C1)C2)P(C12CC3CC(CC(C3)C1)C2)C12CC3CC(CC(C3)C1)C2. The van der Waals surface area contributed by atoms with Crippen LogP contribution >= 0.6 is 15.8 Å². The average molecular weight is 646 g/mol. The van der Waals surface area contributed by atoms with Crippen molar-refractivity contribution in [3.05, 3.63) is 0 Å². The quantitative estimate of drug-likeness (QED) is 0.274. The molecule has 3 heteroatoms. The van der Waals surface area contributed by atoms with Gasteiger partial charge in [-0.25, -0.2) is 0 Å². The Labute approximate surface area is 278 Å². The van der Waals surface area contributed by atoms with E-state index in [9.17, 15) is 0 Å². The third-order valence-corrected chi connectivity index (χ3v) is 28.2. The molecule has 16 saturated carbocycles. The zero-order valence-corrected chi connectivity index (χ0v) is 30.4. The lowest BCUT2D eigenvalue weighted by Crippen LogP contribution is -2.61. The van der Waals surface area contributed by atoms with Crippen molar-refractivity contribution in [2.24, 2.45) is 76.7 Å². The molecule has 16 bridgehead atoms.